The fourth-order valence-corrected chi connectivity index (χ4v) is 1.54. The molecular formula is C13H22N6O. The number of nitrogens with zero attached hydrogens (tertiary/aromatic N) is 4. The highest BCUT2D eigenvalue weighted by Gasteiger charge is 2.15. The smallest absolute Gasteiger partial charge is 0.254 e. The summed E-state index contributed by atoms with van der Waals surface area (Å²) in [5, 5.41) is 8.99. The van der Waals surface area contributed by atoms with E-state index < -0.39 is 5.91 Å². The van der Waals surface area contributed by atoms with Crippen molar-refractivity contribution in [2.75, 3.05) is 16.9 Å². The lowest BCUT2D eigenvalue weighted by atomic mass is 10.2. The van der Waals surface area contributed by atoms with Crippen molar-refractivity contribution in [2.24, 2.45) is 10.8 Å². The van der Waals surface area contributed by atoms with Crippen molar-refractivity contribution in [3.8, 4) is 0 Å². The Hall–Kier alpha value is -2.18. The van der Waals surface area contributed by atoms with Gasteiger partial charge in [0.1, 0.15) is 5.82 Å². The first-order chi connectivity index (χ1) is 9.53. The summed E-state index contributed by atoms with van der Waals surface area (Å²) in [6, 6.07) is 0.181. The van der Waals surface area contributed by atoms with E-state index in [9.17, 15) is 4.79 Å². The molecule has 7 heteroatoms. The van der Waals surface area contributed by atoms with Crippen molar-refractivity contribution in [3.63, 3.8) is 0 Å². The summed E-state index contributed by atoms with van der Waals surface area (Å²) in [6.45, 7) is 8.44. The van der Waals surface area contributed by atoms with Crippen LogP contribution in [-0.2, 0) is 0 Å². The molecule has 0 aliphatic rings. The van der Waals surface area contributed by atoms with Gasteiger partial charge in [-0.3, -0.25) is 4.79 Å². The van der Waals surface area contributed by atoms with Gasteiger partial charge >= 0.3 is 0 Å². The first-order valence-corrected chi connectivity index (χ1v) is 6.72. The van der Waals surface area contributed by atoms with Crippen LogP contribution in [0.5, 0.6) is 0 Å². The van der Waals surface area contributed by atoms with Crippen LogP contribution in [0.25, 0.3) is 0 Å². The maximum Gasteiger partial charge on any atom is 0.254 e. The quantitative estimate of drug-likeness (QED) is 0.583. The molecule has 0 saturated carbocycles. The molecule has 0 spiro atoms. The fourth-order valence-electron chi connectivity index (χ4n) is 1.54. The van der Waals surface area contributed by atoms with Gasteiger partial charge in [0.15, 0.2) is 0 Å². The normalized spacial score (nSPS) is 12.4. The van der Waals surface area contributed by atoms with Gasteiger partial charge in [0.2, 0.25) is 5.95 Å². The number of primary amides is 1. The third-order valence-corrected chi connectivity index (χ3v) is 2.82. The molecule has 0 bridgehead atoms. The van der Waals surface area contributed by atoms with E-state index in [2.05, 4.69) is 20.4 Å². The minimum atomic E-state index is -0.551. The van der Waals surface area contributed by atoms with Crippen molar-refractivity contribution >= 4 is 23.9 Å². The maximum absolute atomic E-state index is 11.4. The van der Waals surface area contributed by atoms with Crippen molar-refractivity contribution in [1.82, 2.24) is 9.97 Å². The summed E-state index contributed by atoms with van der Waals surface area (Å²) in [4.78, 5) is 19.9. The highest BCUT2D eigenvalue weighted by molar-refractivity contribution is 5.97. The number of rotatable bonds is 7. The molecule has 0 radical (unpaired) electrons. The van der Waals surface area contributed by atoms with Crippen LogP contribution in [0.15, 0.2) is 11.3 Å². The van der Waals surface area contributed by atoms with Crippen LogP contribution in [0.3, 0.4) is 0 Å². The molecule has 1 rings (SSSR count). The molecule has 0 aromatic carbocycles. The lowest BCUT2D eigenvalue weighted by molar-refractivity contribution is 0.100. The highest BCUT2D eigenvalue weighted by Crippen LogP contribution is 2.17. The Bertz CT molecular complexity index is 488. The molecular weight excluding hydrogens is 256 g/mol. The number of hydrogen-bond acceptors (Lipinski definition) is 6. The SMILES string of the molecule is C/C=N\N(CC)c1ncc(C(N)=O)c(NC(C)CC)n1. The summed E-state index contributed by atoms with van der Waals surface area (Å²) >= 11 is 0. The van der Waals surface area contributed by atoms with Crippen LogP contribution < -0.4 is 16.1 Å². The van der Waals surface area contributed by atoms with Crippen molar-refractivity contribution in [1.29, 1.82) is 0 Å². The first kappa shape index (κ1) is 15.9. The van der Waals surface area contributed by atoms with Gasteiger partial charge in [0.05, 0.1) is 5.56 Å². The minimum absolute atomic E-state index is 0.181. The Kier molecular flexibility index (Phi) is 5.89. The molecule has 1 aromatic heterocycles. The van der Waals surface area contributed by atoms with Gasteiger partial charge in [0.25, 0.3) is 5.91 Å². The van der Waals surface area contributed by atoms with E-state index in [0.717, 1.165) is 6.42 Å². The van der Waals surface area contributed by atoms with Crippen molar-refractivity contribution in [3.05, 3.63) is 11.8 Å². The molecule has 20 heavy (non-hydrogen) atoms. The van der Waals surface area contributed by atoms with Crippen LogP contribution >= 0.6 is 0 Å². The number of carbonyl (C=O) groups is 1. The lowest BCUT2D eigenvalue weighted by Crippen LogP contribution is -2.24. The van der Waals surface area contributed by atoms with Crippen LogP contribution in [0.1, 0.15) is 44.5 Å². The molecule has 7 nitrogen and oxygen atoms in total. The Balaban J connectivity index is 3.18. The van der Waals surface area contributed by atoms with Crippen LogP contribution in [0.4, 0.5) is 11.8 Å². The second kappa shape index (κ2) is 7.42. The zero-order chi connectivity index (χ0) is 15.1. The van der Waals surface area contributed by atoms with E-state index in [-0.39, 0.29) is 11.6 Å². The summed E-state index contributed by atoms with van der Waals surface area (Å²) in [7, 11) is 0. The van der Waals surface area contributed by atoms with Gasteiger partial charge < -0.3 is 11.1 Å². The van der Waals surface area contributed by atoms with Crippen molar-refractivity contribution in [2.45, 2.75) is 40.2 Å². The summed E-state index contributed by atoms with van der Waals surface area (Å²) in [5.74, 6) is 0.326. The van der Waals surface area contributed by atoms with Crippen molar-refractivity contribution < 1.29 is 4.79 Å². The predicted octanol–water partition coefficient (Wildman–Crippen LogP) is 1.62. The average molecular weight is 278 g/mol. The van der Waals surface area contributed by atoms with E-state index in [1.165, 1.54) is 6.20 Å². The minimum Gasteiger partial charge on any atom is -0.367 e. The number of hydrazone groups is 1. The Labute approximate surface area is 119 Å². The predicted molar refractivity (Wildman–Crippen MR) is 81.1 cm³/mol. The number of hydrogen-bond donors (Lipinski definition) is 2. The third-order valence-electron chi connectivity index (χ3n) is 2.82. The molecule has 110 valence electrons. The van der Waals surface area contributed by atoms with E-state index in [0.29, 0.717) is 18.3 Å². The molecule has 3 N–H and O–H groups in total. The number of carbonyl (C=O) groups excluding carboxylic acids is 1. The Morgan fingerprint density at radius 3 is 2.80 bits per heavy atom. The van der Waals surface area contributed by atoms with E-state index in [4.69, 9.17) is 5.73 Å². The van der Waals surface area contributed by atoms with Gasteiger partial charge in [-0.2, -0.15) is 10.1 Å². The molecule has 0 saturated heterocycles. The monoisotopic (exact) mass is 278 g/mol. The summed E-state index contributed by atoms with van der Waals surface area (Å²) in [6.07, 6.45) is 4.00. The number of anilines is 2. The summed E-state index contributed by atoms with van der Waals surface area (Å²) in [5.41, 5.74) is 5.63. The van der Waals surface area contributed by atoms with Gasteiger partial charge in [-0.25, -0.2) is 9.99 Å². The highest BCUT2D eigenvalue weighted by atomic mass is 16.1. The van der Waals surface area contributed by atoms with Crippen LogP contribution in [-0.4, -0.2) is 34.7 Å². The molecule has 0 aliphatic carbocycles. The van der Waals surface area contributed by atoms with E-state index in [1.807, 2.05) is 27.7 Å². The van der Waals surface area contributed by atoms with E-state index >= 15 is 0 Å². The summed E-state index contributed by atoms with van der Waals surface area (Å²) < 4.78 is 0. The first-order valence-electron chi connectivity index (χ1n) is 6.72. The molecule has 1 heterocycles. The zero-order valence-corrected chi connectivity index (χ0v) is 12.4. The number of nitrogens with two attached hydrogens (primary N) is 1. The number of nitrogens with one attached hydrogen (secondary N) is 1. The van der Waals surface area contributed by atoms with Crippen LogP contribution in [0.2, 0.25) is 0 Å². The Morgan fingerprint density at radius 2 is 2.30 bits per heavy atom. The topological polar surface area (TPSA) is 96.5 Å². The van der Waals surface area contributed by atoms with Gasteiger partial charge in [-0.1, -0.05) is 6.92 Å². The molecule has 1 atom stereocenters. The second-order valence-corrected chi connectivity index (χ2v) is 4.34. The number of aromatic nitrogens is 2. The van der Waals surface area contributed by atoms with Gasteiger partial charge in [-0.05, 0) is 27.2 Å². The van der Waals surface area contributed by atoms with Gasteiger partial charge in [-0.15, -0.1) is 0 Å². The number of amides is 1. The second-order valence-electron chi connectivity index (χ2n) is 4.34. The average Bonchev–Trinajstić information content (AvgIpc) is 2.44. The molecule has 1 aromatic rings. The largest absolute Gasteiger partial charge is 0.367 e. The zero-order valence-electron chi connectivity index (χ0n) is 12.4. The third kappa shape index (κ3) is 3.91. The standard InChI is InChI=1S/C13H22N6O/c1-5-9(4)17-12-10(11(14)20)8-15-13(18-12)19(7-3)16-6-2/h6,8-9H,5,7H2,1-4H3,(H2,14,20)(H,15,17,18)/b16-6-. The molecule has 0 fully saturated rings. The fraction of sp³-hybridized carbons (Fsp3) is 0.538. The maximum atomic E-state index is 11.4. The van der Waals surface area contributed by atoms with Gasteiger partial charge in [0, 0.05) is 25.0 Å². The molecule has 0 aliphatic heterocycles. The lowest BCUT2D eigenvalue weighted by Gasteiger charge is -2.18. The van der Waals surface area contributed by atoms with Crippen LogP contribution in [0, 0.1) is 0 Å². The molecule has 1 unspecified atom stereocenters. The Morgan fingerprint density at radius 1 is 1.60 bits per heavy atom. The van der Waals surface area contributed by atoms with E-state index in [1.54, 1.807) is 11.2 Å². The molecule has 1 amide bonds.